The zero-order chi connectivity index (χ0) is 4.41. The van der Waals surface area contributed by atoms with Crippen molar-refractivity contribution in [2.75, 3.05) is 0 Å². The monoisotopic (exact) mass is 198 g/mol. The van der Waals surface area contributed by atoms with Crippen LogP contribution in [0.4, 0.5) is 0 Å². The second kappa shape index (κ2) is 1.63. The fourth-order valence-corrected chi connectivity index (χ4v) is 0.980. The predicted octanol–water partition coefficient (Wildman–Crippen LogP) is 1.42. The summed E-state index contributed by atoms with van der Waals surface area (Å²) in [6.45, 7) is 1.83. The Hall–Kier alpha value is -0.0000000000000000555. The molecule has 6 heavy (non-hydrogen) atoms. The first-order valence-corrected chi connectivity index (χ1v) is 3.30. The lowest BCUT2D eigenvalue weighted by molar-refractivity contribution is 0.466. The Kier molecular flexibility index (Phi) is 1.13. The Morgan fingerprint density at radius 3 is 2.83 bits per heavy atom. The topological polar surface area (TPSA) is 34.0 Å². The molecule has 4 heteroatoms. The SMILES string of the molecule is CC1=NOI=N1. The number of hydrogen-bond donors (Lipinski definition) is 0. The van der Waals surface area contributed by atoms with Crippen molar-refractivity contribution in [3.63, 3.8) is 0 Å². The molecule has 0 bridgehead atoms. The second-order valence-corrected chi connectivity index (χ2v) is 2.13. The highest BCUT2D eigenvalue weighted by molar-refractivity contribution is 14.1. The molecular formula is C2H3IN2O. The molecule has 0 aromatic carbocycles. The second-order valence-electron chi connectivity index (χ2n) is 0.861. The van der Waals surface area contributed by atoms with Gasteiger partial charge in [-0.05, 0) is 6.92 Å². The first-order chi connectivity index (χ1) is 2.89. The van der Waals surface area contributed by atoms with Gasteiger partial charge >= 0.3 is 0 Å². The molecule has 0 saturated carbocycles. The van der Waals surface area contributed by atoms with Crippen molar-refractivity contribution in [1.82, 2.24) is 0 Å². The largest absolute Gasteiger partial charge is 0.314 e. The quantitative estimate of drug-likeness (QED) is 0.542. The molecule has 0 radical (unpaired) electrons. The Morgan fingerprint density at radius 1 is 1.83 bits per heavy atom. The molecule has 0 amide bonds. The highest BCUT2D eigenvalue weighted by atomic mass is 127. The molecular weight excluding hydrogens is 195 g/mol. The number of rotatable bonds is 0. The van der Waals surface area contributed by atoms with Crippen LogP contribution in [-0.4, -0.2) is 5.84 Å². The number of hydrogen-bond acceptors (Lipinski definition) is 3. The minimum atomic E-state index is -0.377. The zero-order valence-electron chi connectivity index (χ0n) is 3.18. The number of nitrogens with zero attached hydrogens (tertiary/aromatic N) is 2. The third kappa shape index (κ3) is 0.735. The maximum absolute atomic E-state index is 4.59. The van der Waals surface area contributed by atoms with Crippen LogP contribution in [0.2, 0.25) is 0 Å². The lowest BCUT2D eigenvalue weighted by Crippen LogP contribution is -1.72. The predicted molar refractivity (Wildman–Crippen MR) is 30.6 cm³/mol. The lowest BCUT2D eigenvalue weighted by Gasteiger charge is -1.68. The molecule has 0 N–H and O–H groups in total. The summed E-state index contributed by atoms with van der Waals surface area (Å²) in [6, 6.07) is 0. The van der Waals surface area contributed by atoms with Crippen LogP contribution < -0.4 is 0 Å². The van der Waals surface area contributed by atoms with Crippen molar-refractivity contribution >= 4 is 27.3 Å². The third-order valence-electron chi connectivity index (χ3n) is 0.354. The molecule has 3 nitrogen and oxygen atoms in total. The van der Waals surface area contributed by atoms with Crippen LogP contribution in [0.15, 0.2) is 8.30 Å². The summed E-state index contributed by atoms with van der Waals surface area (Å²) < 4.78 is 8.46. The van der Waals surface area contributed by atoms with Crippen LogP contribution in [0.3, 0.4) is 0 Å². The third-order valence-corrected chi connectivity index (χ3v) is 1.62. The van der Waals surface area contributed by atoms with E-state index < -0.39 is 0 Å². The van der Waals surface area contributed by atoms with Gasteiger partial charge in [0.2, 0.25) is 0 Å². The Balaban J connectivity index is 2.68. The van der Waals surface area contributed by atoms with Crippen molar-refractivity contribution in [3.8, 4) is 0 Å². The van der Waals surface area contributed by atoms with Gasteiger partial charge in [-0.25, -0.2) is 0 Å². The van der Waals surface area contributed by atoms with E-state index >= 15 is 0 Å². The van der Waals surface area contributed by atoms with Gasteiger partial charge in [0.05, 0.1) is 0 Å². The van der Waals surface area contributed by atoms with Crippen molar-refractivity contribution < 1.29 is 3.17 Å². The Labute approximate surface area is 46.1 Å². The van der Waals surface area contributed by atoms with E-state index in [1.54, 1.807) is 0 Å². The summed E-state index contributed by atoms with van der Waals surface area (Å²) in [7, 11) is 0. The van der Waals surface area contributed by atoms with Gasteiger partial charge in [0, 0.05) is 0 Å². The van der Waals surface area contributed by atoms with Crippen molar-refractivity contribution in [2.24, 2.45) is 8.30 Å². The van der Waals surface area contributed by atoms with Crippen LogP contribution >= 0.6 is 21.4 Å². The van der Waals surface area contributed by atoms with Crippen LogP contribution in [-0.2, 0) is 3.17 Å². The van der Waals surface area contributed by atoms with Crippen LogP contribution in [0.5, 0.6) is 0 Å². The van der Waals surface area contributed by atoms with Gasteiger partial charge in [-0.2, -0.15) is 3.15 Å². The molecule has 34 valence electrons. The molecule has 1 rings (SSSR count). The maximum atomic E-state index is 4.59. The van der Waals surface area contributed by atoms with E-state index in [-0.39, 0.29) is 21.4 Å². The smallest absolute Gasteiger partial charge is 0.272 e. The number of amidine groups is 1. The molecule has 1 aliphatic rings. The van der Waals surface area contributed by atoms with Crippen LogP contribution in [0, 0.1) is 0 Å². The highest BCUT2D eigenvalue weighted by Gasteiger charge is 1.90. The van der Waals surface area contributed by atoms with E-state index in [1.165, 1.54) is 0 Å². The molecule has 1 heterocycles. The van der Waals surface area contributed by atoms with E-state index in [4.69, 9.17) is 0 Å². The van der Waals surface area contributed by atoms with E-state index in [0.29, 0.717) is 0 Å². The summed E-state index contributed by atoms with van der Waals surface area (Å²) in [5, 5.41) is 3.54. The van der Waals surface area contributed by atoms with Gasteiger partial charge in [-0.15, -0.1) is 0 Å². The van der Waals surface area contributed by atoms with Gasteiger partial charge in [-0.1, -0.05) is 5.16 Å². The molecule has 0 fully saturated rings. The van der Waals surface area contributed by atoms with Gasteiger partial charge in [0.25, 0.3) is 21.4 Å². The molecule has 0 saturated heterocycles. The summed E-state index contributed by atoms with van der Waals surface area (Å²) in [6.07, 6.45) is 0. The Morgan fingerprint density at radius 2 is 2.67 bits per heavy atom. The normalized spacial score (nSPS) is 18.5. The number of oxime groups is 1. The van der Waals surface area contributed by atoms with Crippen molar-refractivity contribution in [3.05, 3.63) is 0 Å². The highest BCUT2D eigenvalue weighted by Crippen LogP contribution is 2.10. The lowest BCUT2D eigenvalue weighted by atomic mass is 10.7. The minimum Gasteiger partial charge on any atom is -0.314 e. The fourth-order valence-electron chi connectivity index (χ4n) is 0.146. The van der Waals surface area contributed by atoms with Crippen molar-refractivity contribution in [1.29, 1.82) is 0 Å². The molecule has 0 aromatic heterocycles. The molecule has 0 aliphatic carbocycles. The molecule has 0 spiro atoms. The molecule has 0 unspecified atom stereocenters. The fraction of sp³-hybridized carbons (Fsp3) is 0.500. The molecule has 1 aliphatic heterocycles. The van der Waals surface area contributed by atoms with Gasteiger partial charge < -0.3 is 3.17 Å². The van der Waals surface area contributed by atoms with E-state index in [1.807, 2.05) is 6.92 Å². The van der Waals surface area contributed by atoms with Crippen molar-refractivity contribution in [2.45, 2.75) is 6.92 Å². The van der Waals surface area contributed by atoms with E-state index in [9.17, 15) is 0 Å². The average Bonchev–Trinajstić information content (AvgIpc) is 1.86. The summed E-state index contributed by atoms with van der Waals surface area (Å²) in [4.78, 5) is 0. The summed E-state index contributed by atoms with van der Waals surface area (Å²) in [5.74, 6) is 0.780. The van der Waals surface area contributed by atoms with Crippen LogP contribution in [0.25, 0.3) is 0 Å². The number of halogens is 1. The van der Waals surface area contributed by atoms with Crippen LogP contribution in [0.1, 0.15) is 6.92 Å². The summed E-state index contributed by atoms with van der Waals surface area (Å²) in [5.41, 5.74) is 0. The van der Waals surface area contributed by atoms with Gasteiger partial charge in [0.15, 0.2) is 5.84 Å². The zero-order valence-corrected chi connectivity index (χ0v) is 5.34. The molecule has 0 atom stereocenters. The Bertz CT molecular complexity index is 105. The van der Waals surface area contributed by atoms with Gasteiger partial charge in [0.1, 0.15) is 0 Å². The standard InChI is InChI=1S/C2H3IN2O/c1-2-4-3-6-5-2/h1H3. The van der Waals surface area contributed by atoms with Gasteiger partial charge in [-0.3, -0.25) is 0 Å². The maximum Gasteiger partial charge on any atom is 0.272 e. The van der Waals surface area contributed by atoms with E-state index in [0.717, 1.165) is 5.84 Å². The van der Waals surface area contributed by atoms with E-state index in [2.05, 4.69) is 11.5 Å². The average molecular weight is 198 g/mol. The minimum absolute atomic E-state index is 0.377. The summed E-state index contributed by atoms with van der Waals surface area (Å²) >= 11 is -0.377. The molecule has 0 aromatic rings. The first-order valence-electron chi connectivity index (χ1n) is 1.45. The first kappa shape index (κ1) is 4.17.